The summed E-state index contributed by atoms with van der Waals surface area (Å²) in [7, 11) is 0. The maximum absolute atomic E-state index is 12.9. The quantitative estimate of drug-likeness (QED) is 0.0261. The summed E-state index contributed by atoms with van der Waals surface area (Å²) in [5, 5.41) is 0. The SMILES string of the molecule is CC/C=C\C/C=C\C/C=C\CCCCCCCCCCCC(=O)OCC(COC(=O)CCC/C=C\C/C=C\C/C=C\C/C=C\CCCCC)OC(=O)CCCCCCCCCCCCCCCCCCCC. The molecule has 0 aliphatic carbocycles. The minimum absolute atomic E-state index is 0.0943. The first-order chi connectivity index (χ1) is 35.5. The van der Waals surface area contributed by atoms with Crippen LogP contribution in [-0.4, -0.2) is 37.2 Å². The maximum atomic E-state index is 12.9. The number of allylic oxidation sites excluding steroid dienone is 14. The van der Waals surface area contributed by atoms with E-state index in [2.05, 4.69) is 106 Å². The highest BCUT2D eigenvalue weighted by atomic mass is 16.6. The topological polar surface area (TPSA) is 78.9 Å². The van der Waals surface area contributed by atoms with E-state index in [-0.39, 0.29) is 37.5 Å². The molecule has 0 radical (unpaired) electrons. The fraction of sp³-hybridized carbons (Fsp3) is 0.742. The van der Waals surface area contributed by atoms with E-state index in [1.807, 2.05) is 0 Å². The van der Waals surface area contributed by atoms with Gasteiger partial charge < -0.3 is 14.2 Å². The third kappa shape index (κ3) is 57.5. The Labute approximate surface area is 445 Å². The fourth-order valence-corrected chi connectivity index (χ4v) is 8.57. The number of carbonyl (C=O) groups excluding carboxylic acids is 3. The Morgan fingerprint density at radius 1 is 0.292 bits per heavy atom. The zero-order chi connectivity index (χ0) is 52.2. The number of unbranched alkanes of at least 4 members (excludes halogenated alkanes) is 30. The van der Waals surface area contributed by atoms with Gasteiger partial charge >= 0.3 is 17.9 Å². The zero-order valence-corrected chi connectivity index (χ0v) is 47.4. The third-order valence-corrected chi connectivity index (χ3v) is 13.1. The molecule has 1 atom stereocenters. The summed E-state index contributed by atoms with van der Waals surface area (Å²) in [5.41, 5.74) is 0. The highest BCUT2D eigenvalue weighted by Crippen LogP contribution is 2.16. The van der Waals surface area contributed by atoms with Crippen LogP contribution in [0.1, 0.15) is 297 Å². The van der Waals surface area contributed by atoms with E-state index in [0.29, 0.717) is 19.3 Å². The second-order valence-corrected chi connectivity index (χ2v) is 20.2. The van der Waals surface area contributed by atoms with E-state index in [1.54, 1.807) is 0 Å². The molecular weight excluding hydrogens is 889 g/mol. The van der Waals surface area contributed by atoms with E-state index < -0.39 is 6.10 Å². The molecule has 0 fully saturated rings. The molecule has 0 saturated carbocycles. The minimum atomic E-state index is -0.800. The van der Waals surface area contributed by atoms with E-state index >= 15 is 0 Å². The van der Waals surface area contributed by atoms with Gasteiger partial charge in [0, 0.05) is 19.3 Å². The van der Waals surface area contributed by atoms with Crippen LogP contribution in [0, 0.1) is 0 Å². The minimum Gasteiger partial charge on any atom is -0.462 e. The van der Waals surface area contributed by atoms with Crippen LogP contribution in [0.3, 0.4) is 0 Å². The van der Waals surface area contributed by atoms with Crippen LogP contribution >= 0.6 is 0 Å². The second-order valence-electron chi connectivity index (χ2n) is 20.2. The van der Waals surface area contributed by atoms with E-state index in [0.717, 1.165) is 83.5 Å². The van der Waals surface area contributed by atoms with Crippen LogP contribution in [0.15, 0.2) is 85.1 Å². The van der Waals surface area contributed by atoms with E-state index in [9.17, 15) is 14.4 Å². The average Bonchev–Trinajstić information content (AvgIpc) is 3.38. The van der Waals surface area contributed by atoms with Crippen LogP contribution in [0.2, 0.25) is 0 Å². The lowest BCUT2D eigenvalue weighted by atomic mass is 10.0. The standard InChI is InChI=1S/C66H114O6/c1-4-7-10-13-16-19-22-25-28-31-33-36-38-41-44-47-50-53-56-59-65(68)71-62-63(61-70-64(67)58-55-52-49-46-43-40-37-34-30-27-24-21-18-15-12-9-6-3)72-66(69)60-57-54-51-48-45-42-39-35-32-29-26-23-20-17-14-11-8-5-2/h7,10,16,18-19,21,25,27-28,30,37,40,46,49,63H,4-6,8-9,11-15,17,20,22-24,26,29,31-36,38-39,41-45,47-48,50-62H2,1-3H3/b10-7-,19-16-,21-18-,28-25-,30-27-,40-37-,49-46-. The summed E-state index contributed by atoms with van der Waals surface area (Å²) in [6.45, 7) is 6.48. The normalized spacial score (nSPS) is 12.7. The summed E-state index contributed by atoms with van der Waals surface area (Å²) in [6.07, 6.45) is 78.7. The van der Waals surface area contributed by atoms with Crippen molar-refractivity contribution in [3.8, 4) is 0 Å². The summed E-state index contributed by atoms with van der Waals surface area (Å²) in [5.74, 6) is -0.945. The van der Waals surface area contributed by atoms with Crippen molar-refractivity contribution in [2.45, 2.75) is 303 Å². The first-order valence-electron chi connectivity index (χ1n) is 30.6. The molecule has 0 spiro atoms. The van der Waals surface area contributed by atoms with Gasteiger partial charge in [0.2, 0.25) is 0 Å². The van der Waals surface area contributed by atoms with Gasteiger partial charge in [-0.3, -0.25) is 14.4 Å². The van der Waals surface area contributed by atoms with E-state index in [4.69, 9.17) is 14.2 Å². The molecule has 0 aromatic heterocycles. The number of esters is 3. The molecule has 0 rings (SSSR count). The van der Waals surface area contributed by atoms with Gasteiger partial charge in [-0.05, 0) is 89.9 Å². The van der Waals surface area contributed by atoms with E-state index in [1.165, 1.54) is 167 Å². The zero-order valence-electron chi connectivity index (χ0n) is 47.4. The van der Waals surface area contributed by atoms with Crippen molar-refractivity contribution in [1.29, 1.82) is 0 Å². The molecule has 414 valence electrons. The molecule has 1 unspecified atom stereocenters. The molecule has 0 aromatic carbocycles. The van der Waals surface area contributed by atoms with Crippen LogP contribution in [0.5, 0.6) is 0 Å². The molecule has 0 amide bonds. The van der Waals surface area contributed by atoms with Gasteiger partial charge in [-0.15, -0.1) is 0 Å². The molecule has 0 saturated heterocycles. The highest BCUT2D eigenvalue weighted by Gasteiger charge is 2.19. The fourth-order valence-electron chi connectivity index (χ4n) is 8.57. The Bertz CT molecular complexity index is 1380. The predicted octanol–water partition coefficient (Wildman–Crippen LogP) is 20.7. The first-order valence-corrected chi connectivity index (χ1v) is 30.6. The summed E-state index contributed by atoms with van der Waals surface area (Å²) >= 11 is 0. The smallest absolute Gasteiger partial charge is 0.306 e. The molecule has 0 aromatic rings. The van der Waals surface area contributed by atoms with Gasteiger partial charge in [-0.1, -0.05) is 273 Å². The molecule has 72 heavy (non-hydrogen) atoms. The molecule has 0 heterocycles. The lowest BCUT2D eigenvalue weighted by Gasteiger charge is -2.18. The number of rotatable bonds is 55. The summed E-state index contributed by atoms with van der Waals surface area (Å²) in [6, 6.07) is 0. The van der Waals surface area contributed by atoms with Crippen molar-refractivity contribution >= 4 is 17.9 Å². The molecule has 6 nitrogen and oxygen atoms in total. The number of hydrogen-bond acceptors (Lipinski definition) is 6. The Hall–Kier alpha value is -3.41. The molecular formula is C66H114O6. The average molecular weight is 1000 g/mol. The Morgan fingerprint density at radius 2 is 0.556 bits per heavy atom. The van der Waals surface area contributed by atoms with Crippen molar-refractivity contribution in [1.82, 2.24) is 0 Å². The largest absolute Gasteiger partial charge is 0.462 e. The molecule has 0 N–H and O–H groups in total. The monoisotopic (exact) mass is 1000 g/mol. The Kier molecular flexibility index (Phi) is 57.3. The van der Waals surface area contributed by atoms with Crippen LogP contribution in [-0.2, 0) is 28.6 Å². The van der Waals surface area contributed by atoms with Crippen LogP contribution in [0.25, 0.3) is 0 Å². The maximum Gasteiger partial charge on any atom is 0.306 e. The van der Waals surface area contributed by atoms with Crippen molar-refractivity contribution in [3.63, 3.8) is 0 Å². The molecule has 0 aliphatic rings. The number of carbonyl (C=O) groups is 3. The number of ether oxygens (including phenoxy) is 3. The van der Waals surface area contributed by atoms with Gasteiger partial charge in [0.1, 0.15) is 13.2 Å². The lowest BCUT2D eigenvalue weighted by Crippen LogP contribution is -2.30. The Balaban J connectivity index is 4.44. The third-order valence-electron chi connectivity index (χ3n) is 13.1. The number of hydrogen-bond donors (Lipinski definition) is 0. The molecule has 6 heteroatoms. The van der Waals surface area contributed by atoms with Crippen LogP contribution in [0.4, 0.5) is 0 Å². The van der Waals surface area contributed by atoms with Crippen molar-refractivity contribution in [3.05, 3.63) is 85.1 Å². The first kappa shape index (κ1) is 68.6. The van der Waals surface area contributed by atoms with Gasteiger partial charge in [0.25, 0.3) is 0 Å². The van der Waals surface area contributed by atoms with Gasteiger partial charge in [0.05, 0.1) is 0 Å². The van der Waals surface area contributed by atoms with Crippen LogP contribution < -0.4 is 0 Å². The van der Waals surface area contributed by atoms with Crippen molar-refractivity contribution in [2.24, 2.45) is 0 Å². The molecule has 0 aliphatic heterocycles. The summed E-state index contributed by atoms with van der Waals surface area (Å²) in [4.78, 5) is 38.2. The second kappa shape index (κ2) is 60.1. The van der Waals surface area contributed by atoms with Crippen molar-refractivity contribution < 1.29 is 28.6 Å². The predicted molar refractivity (Wildman–Crippen MR) is 311 cm³/mol. The van der Waals surface area contributed by atoms with Gasteiger partial charge in [0.15, 0.2) is 6.10 Å². The highest BCUT2D eigenvalue weighted by molar-refractivity contribution is 5.71. The summed E-state index contributed by atoms with van der Waals surface area (Å²) < 4.78 is 16.9. The van der Waals surface area contributed by atoms with Gasteiger partial charge in [-0.25, -0.2) is 0 Å². The van der Waals surface area contributed by atoms with Crippen molar-refractivity contribution in [2.75, 3.05) is 13.2 Å². The molecule has 0 bridgehead atoms. The van der Waals surface area contributed by atoms with Gasteiger partial charge in [-0.2, -0.15) is 0 Å². The lowest BCUT2D eigenvalue weighted by molar-refractivity contribution is -0.167. The Morgan fingerprint density at radius 3 is 0.931 bits per heavy atom.